The van der Waals surface area contributed by atoms with Gasteiger partial charge in [0.2, 0.25) is 0 Å². The van der Waals surface area contributed by atoms with Crippen LogP contribution in [0.3, 0.4) is 0 Å². The summed E-state index contributed by atoms with van der Waals surface area (Å²) < 4.78 is 28.1. The molecule has 0 bridgehead atoms. The summed E-state index contributed by atoms with van der Waals surface area (Å²) in [5.41, 5.74) is 0.00760. The first kappa shape index (κ1) is 14.3. The first-order valence-corrected chi connectivity index (χ1v) is 8.13. The highest BCUT2D eigenvalue weighted by molar-refractivity contribution is 7.90. The molecule has 0 atom stereocenters. The molecule has 2 aromatic carbocycles. The van der Waals surface area contributed by atoms with E-state index in [1.807, 2.05) is 0 Å². The minimum atomic E-state index is -3.87. The summed E-state index contributed by atoms with van der Waals surface area (Å²) in [6.45, 7) is 3.71. The average Bonchev–Trinajstić information content (AvgIpc) is 2.82. The lowest BCUT2D eigenvalue weighted by atomic mass is 10.3. The summed E-state index contributed by atoms with van der Waals surface area (Å²) in [7, 11) is -3.87. The van der Waals surface area contributed by atoms with Crippen molar-refractivity contribution in [2.24, 2.45) is 0 Å². The van der Waals surface area contributed by atoms with Gasteiger partial charge in [-0.2, -0.15) is 12.5 Å². The highest BCUT2D eigenvalue weighted by Crippen LogP contribution is 2.19. The maximum Gasteiger partial charge on any atom is 0.282 e. The molecule has 6 heteroatoms. The van der Waals surface area contributed by atoms with Crippen molar-refractivity contribution in [1.82, 2.24) is 8.77 Å². The predicted molar refractivity (Wildman–Crippen MR) is 85.4 cm³/mol. The van der Waals surface area contributed by atoms with E-state index in [0.29, 0.717) is 10.9 Å². The van der Waals surface area contributed by atoms with E-state index in [1.54, 1.807) is 42.5 Å². The second-order valence-corrected chi connectivity index (χ2v) is 6.52. The normalized spacial score (nSPS) is 11.6. The van der Waals surface area contributed by atoms with Gasteiger partial charge in [0.15, 0.2) is 0 Å². The summed E-state index contributed by atoms with van der Waals surface area (Å²) in [5.74, 6) is 0. The fourth-order valence-corrected chi connectivity index (χ4v) is 3.92. The first-order chi connectivity index (χ1) is 10.6. The van der Waals surface area contributed by atoms with Gasteiger partial charge in [-0.3, -0.25) is 4.79 Å². The zero-order valence-electron chi connectivity index (χ0n) is 11.7. The van der Waals surface area contributed by atoms with Crippen LogP contribution in [0, 0.1) is 0 Å². The van der Waals surface area contributed by atoms with Crippen molar-refractivity contribution in [3.63, 3.8) is 0 Å². The SMILES string of the molecule is C=CCn1c(=O)c2ccccc2n1S(=O)(=O)c1ccccc1. The number of fused-ring (bicyclic) bond motifs is 1. The molecular formula is C16H14N2O3S. The molecule has 0 aliphatic carbocycles. The molecule has 22 heavy (non-hydrogen) atoms. The van der Waals surface area contributed by atoms with Gasteiger partial charge in [0.25, 0.3) is 15.6 Å². The van der Waals surface area contributed by atoms with Crippen LogP contribution in [0.2, 0.25) is 0 Å². The molecule has 0 aliphatic heterocycles. The van der Waals surface area contributed by atoms with Crippen molar-refractivity contribution in [3.8, 4) is 0 Å². The highest BCUT2D eigenvalue weighted by Gasteiger charge is 2.24. The molecule has 0 radical (unpaired) electrons. The summed E-state index contributed by atoms with van der Waals surface area (Å²) in [4.78, 5) is 12.6. The zero-order chi connectivity index (χ0) is 15.7. The van der Waals surface area contributed by atoms with Crippen molar-refractivity contribution in [2.45, 2.75) is 11.4 Å². The van der Waals surface area contributed by atoms with Gasteiger partial charge in [-0.15, -0.1) is 6.58 Å². The summed E-state index contributed by atoms with van der Waals surface area (Å²) in [6.07, 6.45) is 1.50. The smallest absolute Gasteiger partial charge is 0.267 e. The van der Waals surface area contributed by atoms with Gasteiger partial charge in [-0.1, -0.05) is 36.4 Å². The number of rotatable bonds is 4. The Morgan fingerprint density at radius 3 is 2.32 bits per heavy atom. The fourth-order valence-electron chi connectivity index (χ4n) is 2.40. The summed E-state index contributed by atoms with van der Waals surface area (Å²) >= 11 is 0. The Labute approximate surface area is 127 Å². The molecular weight excluding hydrogens is 300 g/mol. The lowest BCUT2D eigenvalue weighted by molar-refractivity contribution is 0.551. The van der Waals surface area contributed by atoms with Crippen LogP contribution in [0.5, 0.6) is 0 Å². The van der Waals surface area contributed by atoms with E-state index in [4.69, 9.17) is 0 Å². The molecule has 3 aromatic rings. The maximum absolute atomic E-state index is 12.9. The third kappa shape index (κ3) is 2.08. The van der Waals surface area contributed by atoms with E-state index in [-0.39, 0.29) is 17.0 Å². The number of nitrogens with zero attached hydrogens (tertiary/aromatic N) is 2. The third-order valence-corrected chi connectivity index (χ3v) is 5.08. The predicted octanol–water partition coefficient (Wildman–Crippen LogP) is 2.23. The molecule has 1 aromatic heterocycles. The van der Waals surface area contributed by atoms with Crippen LogP contribution in [0.1, 0.15) is 0 Å². The Hall–Kier alpha value is -2.60. The lowest BCUT2D eigenvalue weighted by Gasteiger charge is -2.12. The average molecular weight is 314 g/mol. The minimum absolute atomic E-state index is 0.111. The van der Waals surface area contributed by atoms with Crippen LogP contribution < -0.4 is 5.56 Å². The molecule has 0 unspecified atom stereocenters. The van der Waals surface area contributed by atoms with Crippen LogP contribution >= 0.6 is 0 Å². The van der Waals surface area contributed by atoms with Gasteiger partial charge in [0.1, 0.15) is 0 Å². The van der Waals surface area contributed by atoms with Gasteiger partial charge < -0.3 is 0 Å². The zero-order valence-corrected chi connectivity index (χ0v) is 12.5. The molecule has 3 rings (SSSR count). The largest absolute Gasteiger partial charge is 0.282 e. The van der Waals surface area contributed by atoms with E-state index >= 15 is 0 Å². The molecule has 112 valence electrons. The number of hydrogen-bond donors (Lipinski definition) is 0. The number of hydrogen-bond acceptors (Lipinski definition) is 3. The van der Waals surface area contributed by atoms with E-state index in [1.165, 1.54) is 22.9 Å². The molecule has 0 fully saturated rings. The summed E-state index contributed by atoms with van der Waals surface area (Å²) in [5, 5.41) is 0.365. The topological polar surface area (TPSA) is 61.1 Å². The van der Waals surface area contributed by atoms with E-state index in [9.17, 15) is 13.2 Å². The van der Waals surface area contributed by atoms with Crippen molar-refractivity contribution >= 4 is 20.9 Å². The molecule has 0 aliphatic rings. The molecule has 0 amide bonds. The quantitative estimate of drug-likeness (QED) is 0.694. The summed E-state index contributed by atoms with van der Waals surface area (Å²) in [6, 6.07) is 14.7. The second kappa shape index (κ2) is 5.31. The van der Waals surface area contributed by atoms with Gasteiger partial charge >= 0.3 is 0 Å². The Kier molecular flexibility index (Phi) is 3.46. The Morgan fingerprint density at radius 2 is 1.64 bits per heavy atom. The third-order valence-electron chi connectivity index (χ3n) is 3.37. The van der Waals surface area contributed by atoms with E-state index in [0.717, 1.165) is 4.09 Å². The molecule has 0 saturated carbocycles. The Balaban J connectivity index is 2.42. The first-order valence-electron chi connectivity index (χ1n) is 6.69. The standard InChI is InChI=1S/C16H14N2O3S/c1-2-12-17-16(19)14-10-6-7-11-15(14)18(17)22(20,21)13-8-4-3-5-9-13/h2-11H,1,12H2. The van der Waals surface area contributed by atoms with Crippen molar-refractivity contribution in [2.75, 3.05) is 0 Å². The monoisotopic (exact) mass is 314 g/mol. The van der Waals surface area contributed by atoms with E-state index < -0.39 is 10.0 Å². The van der Waals surface area contributed by atoms with Gasteiger partial charge in [0, 0.05) is 0 Å². The fraction of sp³-hybridized carbons (Fsp3) is 0.0625. The Bertz CT molecular complexity index is 999. The van der Waals surface area contributed by atoms with Gasteiger partial charge in [0.05, 0.1) is 22.3 Å². The number of allylic oxidation sites excluding steroid dienone is 1. The number of aromatic nitrogens is 2. The van der Waals surface area contributed by atoms with Crippen LogP contribution in [0.4, 0.5) is 0 Å². The second-order valence-electron chi connectivity index (χ2n) is 4.75. The van der Waals surface area contributed by atoms with Crippen LogP contribution in [-0.2, 0) is 16.6 Å². The minimum Gasteiger partial charge on any atom is -0.267 e. The molecule has 1 heterocycles. The van der Waals surface area contributed by atoms with Crippen LogP contribution in [0.15, 0.2) is 76.9 Å². The van der Waals surface area contributed by atoms with Crippen molar-refractivity contribution < 1.29 is 8.42 Å². The van der Waals surface area contributed by atoms with Gasteiger partial charge in [-0.25, -0.2) is 4.68 Å². The van der Waals surface area contributed by atoms with Crippen LogP contribution in [-0.4, -0.2) is 17.2 Å². The maximum atomic E-state index is 12.9. The number of para-hydroxylation sites is 1. The van der Waals surface area contributed by atoms with E-state index in [2.05, 4.69) is 6.58 Å². The van der Waals surface area contributed by atoms with Crippen LogP contribution in [0.25, 0.3) is 10.9 Å². The lowest BCUT2D eigenvalue weighted by Crippen LogP contribution is -2.27. The van der Waals surface area contributed by atoms with Crippen molar-refractivity contribution in [1.29, 1.82) is 0 Å². The molecule has 0 N–H and O–H groups in total. The number of benzene rings is 2. The Morgan fingerprint density at radius 1 is 1.00 bits per heavy atom. The van der Waals surface area contributed by atoms with Crippen molar-refractivity contribution in [3.05, 3.63) is 77.6 Å². The molecule has 0 spiro atoms. The van der Waals surface area contributed by atoms with Gasteiger partial charge in [-0.05, 0) is 24.3 Å². The molecule has 5 nitrogen and oxygen atoms in total. The highest BCUT2D eigenvalue weighted by atomic mass is 32.2. The molecule has 0 saturated heterocycles.